The fourth-order valence-corrected chi connectivity index (χ4v) is 4.07. The second-order valence-electron chi connectivity index (χ2n) is 8.51. The molecule has 0 aliphatic carbocycles. The van der Waals surface area contributed by atoms with Gasteiger partial charge in [-0.25, -0.2) is 0 Å². The maximum atomic E-state index is 11.2. The molecular formula is C27H28N4O4. The van der Waals surface area contributed by atoms with Crippen molar-refractivity contribution in [3.05, 3.63) is 77.5 Å². The maximum Gasteiger partial charge on any atom is 0.307 e. The molecule has 0 amide bonds. The molecule has 1 heterocycles. The average Bonchev–Trinajstić information content (AvgIpc) is 3.21. The molecule has 1 aromatic heterocycles. The van der Waals surface area contributed by atoms with Crippen molar-refractivity contribution in [3.8, 4) is 22.6 Å². The topological polar surface area (TPSA) is 123 Å². The van der Waals surface area contributed by atoms with E-state index in [1.807, 2.05) is 35.0 Å². The number of amidine groups is 1. The molecule has 0 saturated carbocycles. The molecule has 35 heavy (non-hydrogen) atoms. The number of rotatable bonds is 9. The van der Waals surface area contributed by atoms with Gasteiger partial charge in [0.2, 0.25) is 0 Å². The number of carbonyl (C=O) groups is 1. The summed E-state index contributed by atoms with van der Waals surface area (Å²) in [7, 11) is 1.61. The van der Waals surface area contributed by atoms with Crippen LogP contribution in [-0.2, 0) is 17.8 Å². The van der Waals surface area contributed by atoms with E-state index in [1.165, 1.54) is 0 Å². The Kier molecular flexibility index (Phi) is 6.73. The van der Waals surface area contributed by atoms with Crippen LogP contribution in [0.2, 0.25) is 0 Å². The lowest BCUT2D eigenvalue weighted by atomic mass is 9.99. The van der Waals surface area contributed by atoms with E-state index in [0.717, 1.165) is 27.7 Å². The summed E-state index contributed by atoms with van der Waals surface area (Å²) in [4.78, 5) is 11.2. The number of nitrogens with one attached hydrogen (secondary N) is 1. The number of carboxylic acid groups (broad SMARTS) is 1. The first kappa shape index (κ1) is 23.8. The molecule has 0 aliphatic heterocycles. The Hall–Kier alpha value is -4.33. The van der Waals surface area contributed by atoms with Gasteiger partial charge in [0.15, 0.2) is 0 Å². The van der Waals surface area contributed by atoms with Crippen molar-refractivity contribution < 1.29 is 19.4 Å². The summed E-state index contributed by atoms with van der Waals surface area (Å²) in [6.45, 7) is 4.31. The molecule has 0 saturated heterocycles. The molecule has 0 radical (unpaired) electrons. The highest BCUT2D eigenvalue weighted by molar-refractivity contribution is 5.97. The van der Waals surface area contributed by atoms with Gasteiger partial charge in [0.25, 0.3) is 0 Å². The van der Waals surface area contributed by atoms with Crippen molar-refractivity contribution >= 4 is 22.7 Å². The Balaban J connectivity index is 1.77. The number of fused-ring (bicyclic) bond motifs is 1. The van der Waals surface area contributed by atoms with Crippen molar-refractivity contribution in [1.82, 2.24) is 9.78 Å². The average molecular weight is 473 g/mol. The number of nitrogen functional groups attached to an aromatic ring is 1. The highest BCUT2D eigenvalue weighted by Gasteiger charge is 2.17. The third-order valence-electron chi connectivity index (χ3n) is 5.77. The minimum Gasteiger partial charge on any atom is -0.496 e. The Bertz CT molecular complexity index is 1410. The summed E-state index contributed by atoms with van der Waals surface area (Å²) >= 11 is 0. The zero-order chi connectivity index (χ0) is 25.1. The number of carboxylic acids is 1. The van der Waals surface area contributed by atoms with Gasteiger partial charge in [0, 0.05) is 28.1 Å². The van der Waals surface area contributed by atoms with Gasteiger partial charge in [-0.3, -0.25) is 14.9 Å². The number of aliphatic carboxylic acids is 1. The summed E-state index contributed by atoms with van der Waals surface area (Å²) in [6, 6.07) is 18.7. The predicted octanol–water partition coefficient (Wildman–Crippen LogP) is 4.78. The number of para-hydroxylation sites is 1. The van der Waals surface area contributed by atoms with Crippen molar-refractivity contribution in [2.75, 3.05) is 7.11 Å². The van der Waals surface area contributed by atoms with E-state index >= 15 is 0 Å². The highest BCUT2D eigenvalue weighted by atomic mass is 16.5. The lowest BCUT2D eigenvalue weighted by molar-refractivity contribution is -0.136. The quantitative estimate of drug-likeness (QED) is 0.238. The number of benzene rings is 3. The van der Waals surface area contributed by atoms with Crippen LogP contribution in [0.5, 0.6) is 11.5 Å². The standard InChI is InChI=1S/C27H28N4O4/c1-16(2)31-23-10-8-17(20-13-19(27(28)29)9-11-25(20)34-3)12-21(23)22(30-31)15-35-24-7-5-4-6-18(24)14-26(32)33/h4-13,16H,14-15H2,1-3H3,(H3,28,29)(H,32,33). The number of nitrogens with zero attached hydrogens (tertiary/aromatic N) is 2. The van der Waals surface area contributed by atoms with Gasteiger partial charge in [0.05, 0.1) is 19.0 Å². The van der Waals surface area contributed by atoms with Crippen LogP contribution in [0.15, 0.2) is 60.7 Å². The monoisotopic (exact) mass is 472 g/mol. The molecule has 180 valence electrons. The SMILES string of the molecule is COc1ccc(C(=N)N)cc1-c1ccc2c(c1)c(COc1ccccc1CC(=O)O)nn2C(C)C. The molecule has 4 aromatic rings. The van der Waals surface area contributed by atoms with Crippen LogP contribution in [0, 0.1) is 5.41 Å². The van der Waals surface area contributed by atoms with E-state index in [9.17, 15) is 9.90 Å². The molecule has 8 nitrogen and oxygen atoms in total. The van der Waals surface area contributed by atoms with Gasteiger partial charge in [0.1, 0.15) is 29.6 Å². The van der Waals surface area contributed by atoms with E-state index in [-0.39, 0.29) is 24.9 Å². The number of aromatic nitrogens is 2. The van der Waals surface area contributed by atoms with Crippen LogP contribution in [-0.4, -0.2) is 33.8 Å². The van der Waals surface area contributed by atoms with Gasteiger partial charge >= 0.3 is 5.97 Å². The van der Waals surface area contributed by atoms with Crippen molar-refractivity contribution in [2.24, 2.45) is 5.73 Å². The lowest BCUT2D eigenvalue weighted by Gasteiger charge is -2.12. The molecule has 0 bridgehead atoms. The maximum absolute atomic E-state index is 11.2. The zero-order valence-electron chi connectivity index (χ0n) is 19.9. The molecule has 8 heteroatoms. The van der Waals surface area contributed by atoms with E-state index in [1.54, 1.807) is 37.4 Å². The summed E-state index contributed by atoms with van der Waals surface area (Å²) < 4.78 is 13.6. The Morgan fingerprint density at radius 2 is 1.89 bits per heavy atom. The fraction of sp³-hybridized carbons (Fsp3) is 0.222. The number of hydrogen-bond donors (Lipinski definition) is 3. The van der Waals surface area contributed by atoms with E-state index in [4.69, 9.17) is 25.7 Å². The first-order valence-corrected chi connectivity index (χ1v) is 11.2. The second-order valence-corrected chi connectivity index (χ2v) is 8.51. The van der Waals surface area contributed by atoms with Crippen LogP contribution in [0.3, 0.4) is 0 Å². The van der Waals surface area contributed by atoms with Crippen molar-refractivity contribution in [1.29, 1.82) is 5.41 Å². The van der Waals surface area contributed by atoms with Crippen LogP contribution in [0.4, 0.5) is 0 Å². The van der Waals surface area contributed by atoms with Gasteiger partial charge < -0.3 is 20.3 Å². The van der Waals surface area contributed by atoms with Crippen LogP contribution < -0.4 is 15.2 Å². The van der Waals surface area contributed by atoms with Crippen molar-refractivity contribution in [2.45, 2.75) is 32.9 Å². The van der Waals surface area contributed by atoms with E-state index < -0.39 is 5.97 Å². The molecular weight excluding hydrogens is 444 g/mol. The zero-order valence-corrected chi connectivity index (χ0v) is 19.9. The molecule has 0 unspecified atom stereocenters. The van der Waals surface area contributed by atoms with E-state index in [2.05, 4.69) is 13.8 Å². The summed E-state index contributed by atoms with van der Waals surface area (Å²) in [5.74, 6) is 0.263. The number of ether oxygens (including phenoxy) is 2. The van der Waals surface area contributed by atoms with Gasteiger partial charge in [-0.2, -0.15) is 5.10 Å². The van der Waals surface area contributed by atoms with Crippen LogP contribution >= 0.6 is 0 Å². The molecule has 0 atom stereocenters. The third-order valence-corrected chi connectivity index (χ3v) is 5.77. The molecule has 4 N–H and O–H groups in total. The molecule has 3 aromatic carbocycles. The van der Waals surface area contributed by atoms with Gasteiger partial charge in [-0.15, -0.1) is 0 Å². The second kappa shape index (κ2) is 9.89. The summed E-state index contributed by atoms with van der Waals surface area (Å²) in [5, 5.41) is 22.7. The minimum absolute atomic E-state index is 0.0169. The summed E-state index contributed by atoms with van der Waals surface area (Å²) in [6.07, 6.45) is -0.117. The van der Waals surface area contributed by atoms with Crippen LogP contribution in [0.25, 0.3) is 22.0 Å². The third kappa shape index (κ3) is 4.96. The number of nitrogens with two attached hydrogens (primary N) is 1. The summed E-state index contributed by atoms with van der Waals surface area (Å²) in [5.41, 5.74) is 10.3. The first-order valence-electron chi connectivity index (χ1n) is 11.2. The molecule has 4 rings (SSSR count). The molecule has 0 spiro atoms. The normalized spacial score (nSPS) is 11.1. The Morgan fingerprint density at radius 3 is 2.57 bits per heavy atom. The lowest BCUT2D eigenvalue weighted by Crippen LogP contribution is -2.11. The van der Waals surface area contributed by atoms with Crippen LogP contribution in [0.1, 0.15) is 36.7 Å². The van der Waals surface area contributed by atoms with Gasteiger partial charge in [-0.05, 0) is 55.8 Å². The van der Waals surface area contributed by atoms with Crippen molar-refractivity contribution in [3.63, 3.8) is 0 Å². The smallest absolute Gasteiger partial charge is 0.307 e. The Morgan fingerprint density at radius 1 is 1.11 bits per heavy atom. The van der Waals surface area contributed by atoms with E-state index in [0.29, 0.717) is 22.6 Å². The largest absolute Gasteiger partial charge is 0.496 e. The molecule has 0 aliphatic rings. The molecule has 0 fully saturated rings. The highest BCUT2D eigenvalue weighted by Crippen LogP contribution is 2.34. The number of hydrogen-bond acceptors (Lipinski definition) is 5. The fourth-order valence-electron chi connectivity index (χ4n) is 4.07. The predicted molar refractivity (Wildman–Crippen MR) is 135 cm³/mol. The number of methoxy groups -OCH3 is 1. The van der Waals surface area contributed by atoms with Gasteiger partial charge in [-0.1, -0.05) is 24.3 Å². The minimum atomic E-state index is -0.915. The first-order chi connectivity index (χ1) is 16.8. The Labute approximate surface area is 203 Å².